The zero-order valence-electron chi connectivity index (χ0n) is 13.1. The van der Waals surface area contributed by atoms with Crippen molar-refractivity contribution in [2.45, 2.75) is 44.8 Å². The third-order valence-electron chi connectivity index (χ3n) is 5.14. The Morgan fingerprint density at radius 2 is 2.05 bits per heavy atom. The number of rotatable bonds is 4. The van der Waals surface area contributed by atoms with E-state index < -0.39 is 0 Å². The molecule has 2 aliphatic rings. The molecule has 0 saturated carbocycles. The Morgan fingerprint density at radius 3 is 2.86 bits per heavy atom. The van der Waals surface area contributed by atoms with E-state index in [1.165, 1.54) is 19.3 Å². The predicted octanol–water partition coefficient (Wildman–Crippen LogP) is 2.61. The van der Waals surface area contributed by atoms with E-state index in [9.17, 15) is 4.39 Å². The second kappa shape index (κ2) is 6.32. The van der Waals surface area contributed by atoms with Gasteiger partial charge in [-0.2, -0.15) is 0 Å². The Labute approximate surface area is 127 Å². The van der Waals surface area contributed by atoms with E-state index >= 15 is 0 Å². The van der Waals surface area contributed by atoms with E-state index in [4.69, 9.17) is 0 Å². The lowest BCUT2D eigenvalue weighted by molar-refractivity contribution is 0.254. The number of fused-ring (bicyclic) bond motifs is 2. The van der Waals surface area contributed by atoms with Gasteiger partial charge in [-0.25, -0.2) is 4.39 Å². The fourth-order valence-corrected chi connectivity index (χ4v) is 3.80. The summed E-state index contributed by atoms with van der Waals surface area (Å²) < 4.78 is 14.2. The van der Waals surface area contributed by atoms with Gasteiger partial charge in [-0.3, -0.25) is 4.90 Å². The molecular formula is C17H26FN3. The van der Waals surface area contributed by atoms with Gasteiger partial charge in [0.25, 0.3) is 0 Å². The van der Waals surface area contributed by atoms with Crippen molar-refractivity contribution < 1.29 is 4.39 Å². The highest BCUT2D eigenvalue weighted by atomic mass is 19.1. The number of benzene rings is 1. The van der Waals surface area contributed by atoms with Gasteiger partial charge in [-0.05, 0) is 45.0 Å². The van der Waals surface area contributed by atoms with E-state index in [0.717, 1.165) is 30.9 Å². The molecule has 2 aliphatic heterocycles. The minimum atomic E-state index is -0.0868. The van der Waals surface area contributed by atoms with Crippen molar-refractivity contribution in [3.05, 3.63) is 29.6 Å². The molecule has 116 valence electrons. The van der Waals surface area contributed by atoms with Gasteiger partial charge < -0.3 is 10.2 Å². The minimum Gasteiger partial charge on any atom is -0.370 e. The van der Waals surface area contributed by atoms with Crippen molar-refractivity contribution >= 4 is 5.69 Å². The molecule has 2 heterocycles. The second-order valence-corrected chi connectivity index (χ2v) is 6.30. The lowest BCUT2D eigenvalue weighted by atomic mass is 10.1. The third-order valence-corrected chi connectivity index (χ3v) is 5.14. The summed E-state index contributed by atoms with van der Waals surface area (Å²) in [5.41, 5.74) is 1.90. The van der Waals surface area contributed by atoms with Crippen LogP contribution in [0.2, 0.25) is 0 Å². The summed E-state index contributed by atoms with van der Waals surface area (Å²) in [6.07, 6.45) is 3.78. The minimum absolute atomic E-state index is 0.0868. The molecule has 1 aromatic rings. The number of halogens is 1. The zero-order valence-corrected chi connectivity index (χ0v) is 13.1. The highest BCUT2D eigenvalue weighted by Crippen LogP contribution is 2.32. The van der Waals surface area contributed by atoms with Crippen LogP contribution in [-0.4, -0.2) is 43.7 Å². The highest BCUT2D eigenvalue weighted by Gasteiger charge is 2.35. The first-order valence-corrected chi connectivity index (χ1v) is 8.15. The Balaban J connectivity index is 1.84. The summed E-state index contributed by atoms with van der Waals surface area (Å²) in [7, 11) is 2.25. The van der Waals surface area contributed by atoms with Gasteiger partial charge in [-0.1, -0.05) is 13.0 Å². The molecule has 0 amide bonds. The number of hydrogen-bond acceptors (Lipinski definition) is 3. The summed E-state index contributed by atoms with van der Waals surface area (Å²) in [4.78, 5) is 4.93. The maximum atomic E-state index is 14.2. The van der Waals surface area contributed by atoms with Crippen LogP contribution in [0.3, 0.4) is 0 Å². The monoisotopic (exact) mass is 291 g/mol. The van der Waals surface area contributed by atoms with E-state index in [0.29, 0.717) is 18.6 Å². The topological polar surface area (TPSA) is 18.5 Å². The maximum Gasteiger partial charge on any atom is 0.129 e. The van der Waals surface area contributed by atoms with Gasteiger partial charge in [0.05, 0.1) is 0 Å². The van der Waals surface area contributed by atoms with Crippen LogP contribution >= 0.6 is 0 Å². The quantitative estimate of drug-likeness (QED) is 0.920. The largest absolute Gasteiger partial charge is 0.370 e. The number of anilines is 1. The normalized spacial score (nSPS) is 26.1. The SMILES string of the molecule is CCNCc1c(F)cccc1N1CCC2CCC(C1)N2C. The average molecular weight is 291 g/mol. The average Bonchev–Trinajstić information content (AvgIpc) is 2.71. The molecule has 2 fully saturated rings. The molecule has 3 rings (SSSR count). The molecule has 21 heavy (non-hydrogen) atoms. The first-order chi connectivity index (χ1) is 10.2. The number of nitrogens with one attached hydrogen (secondary N) is 1. The molecular weight excluding hydrogens is 265 g/mol. The highest BCUT2D eigenvalue weighted by molar-refractivity contribution is 5.54. The third kappa shape index (κ3) is 2.92. The smallest absolute Gasteiger partial charge is 0.129 e. The summed E-state index contributed by atoms with van der Waals surface area (Å²) in [6, 6.07) is 6.83. The fraction of sp³-hybridized carbons (Fsp3) is 0.647. The number of nitrogens with zero attached hydrogens (tertiary/aromatic N) is 2. The lowest BCUT2D eigenvalue weighted by Gasteiger charge is -2.29. The molecule has 2 bridgehead atoms. The Hall–Kier alpha value is -1.13. The molecule has 1 N–H and O–H groups in total. The summed E-state index contributed by atoms with van der Waals surface area (Å²) in [6.45, 7) is 5.59. The van der Waals surface area contributed by atoms with Crippen LogP contribution in [-0.2, 0) is 6.54 Å². The van der Waals surface area contributed by atoms with Gasteiger partial charge in [0.15, 0.2) is 0 Å². The van der Waals surface area contributed by atoms with Crippen LogP contribution in [0.4, 0.5) is 10.1 Å². The van der Waals surface area contributed by atoms with E-state index in [1.54, 1.807) is 6.07 Å². The van der Waals surface area contributed by atoms with Crippen molar-refractivity contribution in [3.8, 4) is 0 Å². The van der Waals surface area contributed by atoms with Gasteiger partial charge in [0.2, 0.25) is 0 Å². The van der Waals surface area contributed by atoms with Crippen molar-refractivity contribution in [2.75, 3.05) is 31.6 Å². The van der Waals surface area contributed by atoms with Crippen molar-refractivity contribution in [1.29, 1.82) is 0 Å². The first kappa shape index (κ1) is 14.8. The Morgan fingerprint density at radius 1 is 1.24 bits per heavy atom. The summed E-state index contributed by atoms with van der Waals surface area (Å²) in [5, 5.41) is 3.27. The molecule has 2 saturated heterocycles. The molecule has 0 radical (unpaired) electrons. The van der Waals surface area contributed by atoms with Crippen LogP contribution < -0.4 is 10.2 Å². The van der Waals surface area contributed by atoms with Crippen molar-refractivity contribution in [1.82, 2.24) is 10.2 Å². The Kier molecular flexibility index (Phi) is 4.45. The molecule has 2 atom stereocenters. The number of likely N-dealkylation sites (N-methyl/N-ethyl adjacent to an activating group) is 1. The molecule has 3 nitrogen and oxygen atoms in total. The predicted molar refractivity (Wildman–Crippen MR) is 85.2 cm³/mol. The standard InChI is InChI=1S/C17H26FN3/c1-3-19-11-15-16(18)5-4-6-17(15)21-10-9-13-7-8-14(12-21)20(13)2/h4-6,13-14,19H,3,7-12H2,1-2H3. The summed E-state index contributed by atoms with van der Waals surface area (Å²) in [5.74, 6) is -0.0868. The fourth-order valence-electron chi connectivity index (χ4n) is 3.80. The first-order valence-electron chi connectivity index (χ1n) is 8.15. The molecule has 0 aromatic heterocycles. The van der Waals surface area contributed by atoms with Crippen LogP contribution in [0.5, 0.6) is 0 Å². The molecule has 4 heteroatoms. The van der Waals surface area contributed by atoms with Gasteiger partial charge in [-0.15, -0.1) is 0 Å². The molecule has 0 aliphatic carbocycles. The van der Waals surface area contributed by atoms with Crippen LogP contribution in [0.25, 0.3) is 0 Å². The lowest BCUT2D eigenvalue weighted by Crippen LogP contribution is -2.37. The molecule has 0 spiro atoms. The van der Waals surface area contributed by atoms with Gasteiger partial charge >= 0.3 is 0 Å². The van der Waals surface area contributed by atoms with E-state index in [1.807, 2.05) is 6.07 Å². The van der Waals surface area contributed by atoms with Crippen molar-refractivity contribution in [2.24, 2.45) is 0 Å². The zero-order chi connectivity index (χ0) is 14.8. The molecule has 2 unspecified atom stereocenters. The maximum absolute atomic E-state index is 14.2. The van der Waals surface area contributed by atoms with Gasteiger partial charge in [0.1, 0.15) is 5.82 Å². The van der Waals surface area contributed by atoms with E-state index in [2.05, 4.69) is 35.2 Å². The van der Waals surface area contributed by atoms with E-state index in [-0.39, 0.29) is 5.82 Å². The molecule has 1 aromatic carbocycles. The summed E-state index contributed by atoms with van der Waals surface area (Å²) >= 11 is 0. The second-order valence-electron chi connectivity index (χ2n) is 6.30. The number of hydrogen-bond donors (Lipinski definition) is 1. The van der Waals surface area contributed by atoms with Crippen molar-refractivity contribution in [3.63, 3.8) is 0 Å². The Bertz CT molecular complexity index is 491. The van der Waals surface area contributed by atoms with Crippen LogP contribution in [0.15, 0.2) is 18.2 Å². The van der Waals surface area contributed by atoms with Crippen LogP contribution in [0.1, 0.15) is 31.7 Å². The van der Waals surface area contributed by atoms with Gasteiger partial charge in [0, 0.05) is 43.0 Å². The van der Waals surface area contributed by atoms with Crippen LogP contribution in [0, 0.1) is 5.82 Å².